The molecule has 1 atom stereocenters. The number of nitrogens with zero attached hydrogens (tertiary/aromatic N) is 2. The van der Waals surface area contributed by atoms with Crippen LogP contribution in [0.4, 0.5) is 18.9 Å². The molecule has 2 rings (SSSR count). The molecule has 0 radical (unpaired) electrons. The van der Waals surface area contributed by atoms with E-state index in [4.69, 9.17) is 23.2 Å². The van der Waals surface area contributed by atoms with Crippen molar-refractivity contribution in [2.45, 2.75) is 46.0 Å². The number of anilines is 1. The van der Waals surface area contributed by atoms with E-state index >= 15 is 0 Å². The highest BCUT2D eigenvalue weighted by Crippen LogP contribution is 2.37. The number of alkyl halides is 3. The van der Waals surface area contributed by atoms with Crippen molar-refractivity contribution in [1.82, 2.24) is 10.2 Å². The Bertz CT molecular complexity index is 1240. The maximum Gasteiger partial charge on any atom is 0.417 e. The van der Waals surface area contributed by atoms with Crippen molar-refractivity contribution in [3.8, 4) is 0 Å². The summed E-state index contributed by atoms with van der Waals surface area (Å²) in [6.07, 6.45) is -3.86. The van der Waals surface area contributed by atoms with Gasteiger partial charge in [0.15, 0.2) is 0 Å². The van der Waals surface area contributed by atoms with Gasteiger partial charge in [0.05, 0.1) is 22.5 Å². The summed E-state index contributed by atoms with van der Waals surface area (Å²) in [5.74, 6) is -1.06. The number of rotatable bonds is 11. The zero-order chi connectivity index (χ0) is 28.8. The van der Waals surface area contributed by atoms with E-state index in [0.717, 1.165) is 18.4 Å². The fourth-order valence-electron chi connectivity index (χ4n) is 3.63. The van der Waals surface area contributed by atoms with E-state index in [1.807, 2.05) is 13.8 Å². The molecule has 38 heavy (non-hydrogen) atoms. The van der Waals surface area contributed by atoms with Crippen molar-refractivity contribution >= 4 is 50.7 Å². The Hall–Kier alpha value is -2.50. The molecule has 0 spiro atoms. The molecule has 7 nitrogen and oxygen atoms in total. The summed E-state index contributed by atoms with van der Waals surface area (Å²) in [6, 6.07) is 8.14. The lowest BCUT2D eigenvalue weighted by Crippen LogP contribution is -2.52. The smallest absolute Gasteiger partial charge is 0.354 e. The Morgan fingerprint density at radius 1 is 1.05 bits per heavy atom. The van der Waals surface area contributed by atoms with Crippen molar-refractivity contribution < 1.29 is 31.2 Å². The Morgan fingerprint density at radius 3 is 2.16 bits per heavy atom. The molecule has 1 N–H and O–H groups in total. The number of carbonyl (C=O) groups excluding carboxylic acids is 2. The van der Waals surface area contributed by atoms with Crippen LogP contribution in [0, 0.1) is 5.92 Å². The second kappa shape index (κ2) is 13.0. The third-order valence-electron chi connectivity index (χ3n) is 5.56. The normalized spacial score (nSPS) is 12.8. The van der Waals surface area contributed by atoms with E-state index in [9.17, 15) is 31.2 Å². The Morgan fingerprint density at radius 2 is 1.66 bits per heavy atom. The van der Waals surface area contributed by atoms with Crippen molar-refractivity contribution in [2.24, 2.45) is 5.92 Å². The lowest BCUT2D eigenvalue weighted by Gasteiger charge is -2.33. The maximum atomic E-state index is 13.6. The number of benzene rings is 2. The second-order valence-electron chi connectivity index (χ2n) is 9.14. The Kier molecular flexibility index (Phi) is 10.9. The van der Waals surface area contributed by atoms with Gasteiger partial charge < -0.3 is 10.2 Å². The maximum absolute atomic E-state index is 13.6. The summed E-state index contributed by atoms with van der Waals surface area (Å²) in [4.78, 5) is 27.8. The minimum Gasteiger partial charge on any atom is -0.354 e. The van der Waals surface area contributed by atoms with Crippen LogP contribution in [0.15, 0.2) is 42.5 Å². The van der Waals surface area contributed by atoms with Gasteiger partial charge in [0.25, 0.3) is 0 Å². The molecule has 210 valence electrons. The summed E-state index contributed by atoms with van der Waals surface area (Å²) in [6.45, 7) is 4.98. The third kappa shape index (κ3) is 8.78. The highest BCUT2D eigenvalue weighted by atomic mass is 35.5. The molecule has 2 amide bonds. The zero-order valence-corrected chi connectivity index (χ0v) is 23.7. The van der Waals surface area contributed by atoms with Crippen molar-refractivity contribution in [2.75, 3.05) is 23.7 Å². The number of hydrogen-bond donors (Lipinski definition) is 1. The molecular formula is C25H30Cl2F3N3O4S. The average molecular weight is 596 g/mol. The van der Waals surface area contributed by atoms with Crippen LogP contribution in [-0.4, -0.2) is 50.5 Å². The van der Waals surface area contributed by atoms with Gasteiger partial charge >= 0.3 is 6.18 Å². The standard InChI is InChI=1S/C25H30Cl2F3N3O4S/c1-5-22(24(35)31-13-16(2)3)32(14-17-6-8-18(26)9-7-17)23(34)15-33(38(4,36)37)19-10-11-21(27)20(12-19)25(28,29)30/h6-12,16,22H,5,13-15H2,1-4H3,(H,31,35)/t22-/m0/s1. The van der Waals surface area contributed by atoms with Gasteiger partial charge in [-0.15, -0.1) is 0 Å². The molecule has 0 saturated carbocycles. The molecule has 2 aromatic carbocycles. The van der Waals surface area contributed by atoms with Crippen LogP contribution in [-0.2, 0) is 32.3 Å². The minimum absolute atomic E-state index is 0.0599. The summed E-state index contributed by atoms with van der Waals surface area (Å²) in [7, 11) is -4.22. The fourth-order valence-corrected chi connectivity index (χ4v) is 4.82. The average Bonchev–Trinajstić information content (AvgIpc) is 2.81. The first-order valence-electron chi connectivity index (χ1n) is 11.7. The predicted octanol–water partition coefficient (Wildman–Crippen LogP) is 5.36. The van der Waals surface area contributed by atoms with Gasteiger partial charge in [-0.1, -0.05) is 56.1 Å². The van der Waals surface area contributed by atoms with Crippen LogP contribution in [0.2, 0.25) is 10.0 Å². The molecule has 2 aromatic rings. The SMILES string of the molecule is CC[C@@H](C(=O)NCC(C)C)N(Cc1ccc(Cl)cc1)C(=O)CN(c1ccc(Cl)c(C(F)(F)F)c1)S(C)(=O)=O. The van der Waals surface area contributed by atoms with E-state index in [1.54, 1.807) is 31.2 Å². The third-order valence-corrected chi connectivity index (χ3v) is 7.28. The molecule has 0 bridgehead atoms. The van der Waals surface area contributed by atoms with Gasteiger partial charge in [-0.3, -0.25) is 13.9 Å². The van der Waals surface area contributed by atoms with Gasteiger partial charge in [0, 0.05) is 18.1 Å². The molecular weight excluding hydrogens is 566 g/mol. The molecule has 0 aliphatic rings. The van der Waals surface area contributed by atoms with Crippen LogP contribution in [0.25, 0.3) is 0 Å². The van der Waals surface area contributed by atoms with Gasteiger partial charge in [0.2, 0.25) is 21.8 Å². The topological polar surface area (TPSA) is 86.8 Å². The molecule has 0 heterocycles. The molecule has 0 unspecified atom stereocenters. The highest BCUT2D eigenvalue weighted by Gasteiger charge is 2.36. The first-order chi connectivity index (χ1) is 17.5. The molecule has 0 saturated heterocycles. The molecule has 0 aromatic heterocycles. The minimum atomic E-state index is -4.84. The monoisotopic (exact) mass is 595 g/mol. The van der Waals surface area contributed by atoms with E-state index in [0.29, 0.717) is 27.5 Å². The largest absolute Gasteiger partial charge is 0.417 e. The zero-order valence-electron chi connectivity index (χ0n) is 21.4. The predicted molar refractivity (Wildman–Crippen MR) is 143 cm³/mol. The second-order valence-corrected chi connectivity index (χ2v) is 11.9. The van der Waals surface area contributed by atoms with Gasteiger partial charge in [-0.2, -0.15) is 13.2 Å². The van der Waals surface area contributed by atoms with Gasteiger partial charge in [-0.25, -0.2) is 8.42 Å². The van der Waals surface area contributed by atoms with Crippen molar-refractivity contribution in [3.05, 3.63) is 63.6 Å². The van der Waals surface area contributed by atoms with Crippen LogP contribution in [0.5, 0.6) is 0 Å². The Labute approximate surface area is 230 Å². The molecule has 0 fully saturated rings. The quantitative estimate of drug-likeness (QED) is 0.379. The molecule has 0 aliphatic carbocycles. The fraction of sp³-hybridized carbons (Fsp3) is 0.440. The number of carbonyl (C=O) groups is 2. The number of amides is 2. The van der Waals surface area contributed by atoms with Crippen LogP contribution in [0.1, 0.15) is 38.3 Å². The summed E-state index contributed by atoms with van der Waals surface area (Å²) >= 11 is 11.6. The lowest BCUT2D eigenvalue weighted by atomic mass is 10.1. The van der Waals surface area contributed by atoms with Crippen molar-refractivity contribution in [1.29, 1.82) is 0 Å². The number of nitrogens with one attached hydrogen (secondary N) is 1. The lowest BCUT2D eigenvalue weighted by molar-refractivity contribution is -0.140. The summed E-state index contributed by atoms with van der Waals surface area (Å²) in [5.41, 5.74) is -1.01. The van der Waals surface area contributed by atoms with E-state index < -0.39 is 51.2 Å². The van der Waals surface area contributed by atoms with Crippen molar-refractivity contribution in [3.63, 3.8) is 0 Å². The van der Waals surface area contributed by atoms with E-state index in [1.165, 1.54) is 4.90 Å². The van der Waals surface area contributed by atoms with Gasteiger partial charge in [-0.05, 0) is 48.2 Å². The molecule has 0 aliphatic heterocycles. The number of halogens is 5. The first-order valence-corrected chi connectivity index (χ1v) is 14.3. The van der Waals surface area contributed by atoms with E-state index in [2.05, 4.69) is 5.32 Å². The van der Waals surface area contributed by atoms with Crippen LogP contribution >= 0.6 is 23.2 Å². The molecule has 13 heteroatoms. The van der Waals surface area contributed by atoms with Crippen LogP contribution in [0.3, 0.4) is 0 Å². The van der Waals surface area contributed by atoms with E-state index in [-0.39, 0.29) is 24.6 Å². The first kappa shape index (κ1) is 31.7. The summed E-state index contributed by atoms with van der Waals surface area (Å²) < 4.78 is 66.1. The Balaban J connectivity index is 2.50. The van der Waals surface area contributed by atoms with Crippen LogP contribution < -0.4 is 9.62 Å². The van der Waals surface area contributed by atoms with Gasteiger partial charge in [0.1, 0.15) is 12.6 Å². The number of hydrogen-bond acceptors (Lipinski definition) is 4. The summed E-state index contributed by atoms with van der Waals surface area (Å²) in [5, 5.41) is 2.63. The highest BCUT2D eigenvalue weighted by molar-refractivity contribution is 7.92. The number of sulfonamides is 1.